The molecule has 0 bridgehead atoms. The predicted octanol–water partition coefficient (Wildman–Crippen LogP) is 2.71. The first-order chi connectivity index (χ1) is 9.25. The van der Waals surface area contributed by atoms with E-state index in [-0.39, 0.29) is 6.04 Å². The van der Waals surface area contributed by atoms with Crippen LogP contribution in [0.3, 0.4) is 0 Å². The lowest BCUT2D eigenvalue weighted by Gasteiger charge is -2.16. The summed E-state index contributed by atoms with van der Waals surface area (Å²) in [4.78, 5) is 4.10. The van der Waals surface area contributed by atoms with E-state index in [1.807, 2.05) is 30.6 Å². The number of hydrogen-bond donors (Lipinski definition) is 3. The van der Waals surface area contributed by atoms with E-state index in [4.69, 9.17) is 5.73 Å². The second-order valence-corrected chi connectivity index (χ2v) is 4.52. The zero-order valence-corrected chi connectivity index (χ0v) is 10.6. The number of aromatic nitrogens is 3. The topological polar surface area (TPSA) is 79.6 Å². The Labute approximate surface area is 110 Å². The lowest BCUT2D eigenvalue weighted by molar-refractivity contribution is 0.887. The molecule has 0 aliphatic rings. The highest BCUT2D eigenvalue weighted by molar-refractivity contribution is 5.98. The molecule has 0 radical (unpaired) electrons. The Morgan fingerprint density at radius 3 is 2.95 bits per heavy atom. The summed E-state index contributed by atoms with van der Waals surface area (Å²) in [7, 11) is 0. The summed E-state index contributed by atoms with van der Waals surface area (Å²) in [6.45, 7) is 2.07. The summed E-state index contributed by atoms with van der Waals surface area (Å²) in [5.74, 6) is 0. The Kier molecular flexibility index (Phi) is 2.79. The van der Waals surface area contributed by atoms with E-state index in [9.17, 15) is 0 Å². The minimum absolute atomic E-state index is 0.139. The largest absolute Gasteiger partial charge is 0.397 e. The number of anilines is 2. The number of pyridine rings is 1. The number of nitrogens with zero attached hydrogens (tertiary/aromatic N) is 2. The third-order valence-electron chi connectivity index (χ3n) is 3.25. The quantitative estimate of drug-likeness (QED) is 0.627. The smallest absolute Gasteiger partial charge is 0.0630 e. The number of nitrogens with two attached hydrogens (primary N) is 1. The average Bonchev–Trinajstić information content (AvgIpc) is 2.96. The van der Waals surface area contributed by atoms with Crippen molar-refractivity contribution < 1.29 is 0 Å². The van der Waals surface area contributed by atoms with Gasteiger partial charge < -0.3 is 11.1 Å². The Hall–Kier alpha value is -2.56. The van der Waals surface area contributed by atoms with Crippen LogP contribution < -0.4 is 11.1 Å². The van der Waals surface area contributed by atoms with E-state index >= 15 is 0 Å². The maximum atomic E-state index is 6.21. The van der Waals surface area contributed by atoms with Gasteiger partial charge >= 0.3 is 0 Å². The van der Waals surface area contributed by atoms with Crippen molar-refractivity contribution in [1.29, 1.82) is 0 Å². The predicted molar refractivity (Wildman–Crippen MR) is 76.8 cm³/mol. The summed E-state index contributed by atoms with van der Waals surface area (Å²) in [5, 5.41) is 12.2. The number of benzene rings is 1. The van der Waals surface area contributed by atoms with Gasteiger partial charge in [0.05, 0.1) is 23.6 Å². The van der Waals surface area contributed by atoms with Crippen LogP contribution >= 0.6 is 0 Å². The highest BCUT2D eigenvalue weighted by Gasteiger charge is 2.09. The van der Waals surface area contributed by atoms with Crippen LogP contribution in [0.4, 0.5) is 11.4 Å². The molecule has 96 valence electrons. The Morgan fingerprint density at radius 2 is 2.16 bits per heavy atom. The maximum absolute atomic E-state index is 6.21. The molecule has 1 atom stereocenters. The van der Waals surface area contributed by atoms with Gasteiger partial charge in [-0.25, -0.2) is 0 Å². The van der Waals surface area contributed by atoms with Crippen LogP contribution in [0, 0.1) is 0 Å². The molecule has 19 heavy (non-hydrogen) atoms. The maximum Gasteiger partial charge on any atom is 0.0630 e. The van der Waals surface area contributed by atoms with Crippen LogP contribution in [0.25, 0.3) is 10.8 Å². The van der Waals surface area contributed by atoms with E-state index in [2.05, 4.69) is 27.4 Å². The van der Waals surface area contributed by atoms with Crippen LogP contribution in [0.15, 0.2) is 43.0 Å². The standard InChI is InChI=1S/C14H15N5/c1-9(11-7-17-18-8-11)19-13-3-2-10-6-16-5-4-12(10)14(13)15/h2-9,19H,15H2,1H3,(H,17,18). The number of aromatic amines is 1. The van der Waals surface area contributed by atoms with Crippen LogP contribution in [0.2, 0.25) is 0 Å². The highest BCUT2D eigenvalue weighted by atomic mass is 15.1. The average molecular weight is 253 g/mol. The van der Waals surface area contributed by atoms with Crippen LogP contribution in [-0.2, 0) is 0 Å². The van der Waals surface area contributed by atoms with Gasteiger partial charge in [0, 0.05) is 34.9 Å². The first-order valence-electron chi connectivity index (χ1n) is 6.13. The number of rotatable bonds is 3. The first-order valence-corrected chi connectivity index (χ1v) is 6.13. The molecule has 2 aromatic heterocycles. The second kappa shape index (κ2) is 4.61. The van der Waals surface area contributed by atoms with Crippen molar-refractivity contribution >= 4 is 22.1 Å². The number of nitrogen functional groups attached to an aromatic ring is 1. The van der Waals surface area contributed by atoms with Crippen molar-refractivity contribution in [2.75, 3.05) is 11.1 Å². The zero-order valence-electron chi connectivity index (χ0n) is 10.6. The fourth-order valence-corrected chi connectivity index (χ4v) is 2.13. The SMILES string of the molecule is CC(Nc1ccc2cnccc2c1N)c1cn[nH]c1. The molecule has 0 aliphatic heterocycles. The van der Waals surface area contributed by atoms with Gasteiger partial charge in [-0.15, -0.1) is 0 Å². The normalized spacial score (nSPS) is 12.5. The van der Waals surface area contributed by atoms with Gasteiger partial charge in [-0.3, -0.25) is 10.1 Å². The summed E-state index contributed by atoms with van der Waals surface area (Å²) >= 11 is 0. The first kappa shape index (κ1) is 11.5. The number of hydrogen-bond acceptors (Lipinski definition) is 4. The second-order valence-electron chi connectivity index (χ2n) is 4.52. The fraction of sp³-hybridized carbons (Fsp3) is 0.143. The molecule has 0 spiro atoms. The lowest BCUT2D eigenvalue weighted by Crippen LogP contribution is -2.07. The van der Waals surface area contributed by atoms with E-state index in [1.165, 1.54) is 0 Å². The molecule has 0 fully saturated rings. The fourth-order valence-electron chi connectivity index (χ4n) is 2.13. The molecule has 3 aromatic rings. The van der Waals surface area contributed by atoms with Gasteiger partial charge in [0.15, 0.2) is 0 Å². The van der Waals surface area contributed by atoms with Crippen LogP contribution in [-0.4, -0.2) is 15.2 Å². The third kappa shape index (κ3) is 2.10. The summed E-state index contributed by atoms with van der Waals surface area (Å²) in [6, 6.07) is 6.07. The molecule has 1 aromatic carbocycles. The van der Waals surface area contributed by atoms with Crippen molar-refractivity contribution in [3.8, 4) is 0 Å². The number of fused-ring (bicyclic) bond motifs is 1. The number of H-pyrrole nitrogens is 1. The number of nitrogens with one attached hydrogen (secondary N) is 2. The summed E-state index contributed by atoms with van der Waals surface area (Å²) in [5.41, 5.74) is 8.97. The summed E-state index contributed by atoms with van der Waals surface area (Å²) in [6.07, 6.45) is 7.24. The van der Waals surface area contributed by atoms with Gasteiger partial charge in [0.1, 0.15) is 0 Å². The molecule has 1 unspecified atom stereocenters. The van der Waals surface area contributed by atoms with Crippen LogP contribution in [0.1, 0.15) is 18.5 Å². The van der Waals surface area contributed by atoms with Crippen molar-refractivity contribution in [2.45, 2.75) is 13.0 Å². The van der Waals surface area contributed by atoms with Gasteiger partial charge in [-0.2, -0.15) is 5.10 Å². The van der Waals surface area contributed by atoms with Crippen molar-refractivity contribution in [1.82, 2.24) is 15.2 Å². The van der Waals surface area contributed by atoms with Gasteiger partial charge in [-0.05, 0) is 19.1 Å². The van der Waals surface area contributed by atoms with Crippen molar-refractivity contribution in [3.63, 3.8) is 0 Å². The van der Waals surface area contributed by atoms with Gasteiger partial charge in [0.2, 0.25) is 0 Å². The molecule has 0 amide bonds. The molecule has 5 nitrogen and oxygen atoms in total. The van der Waals surface area contributed by atoms with Crippen molar-refractivity contribution in [3.05, 3.63) is 48.5 Å². The lowest BCUT2D eigenvalue weighted by atomic mass is 10.1. The Balaban J connectivity index is 1.95. The zero-order chi connectivity index (χ0) is 13.2. The molecular weight excluding hydrogens is 238 g/mol. The van der Waals surface area contributed by atoms with E-state index < -0.39 is 0 Å². The van der Waals surface area contributed by atoms with Crippen LogP contribution in [0.5, 0.6) is 0 Å². The Bertz CT molecular complexity index is 690. The monoisotopic (exact) mass is 253 g/mol. The molecular formula is C14H15N5. The minimum atomic E-state index is 0.139. The molecule has 0 aliphatic carbocycles. The molecule has 2 heterocycles. The third-order valence-corrected chi connectivity index (χ3v) is 3.25. The molecule has 5 heteroatoms. The van der Waals surface area contributed by atoms with Gasteiger partial charge in [0.25, 0.3) is 0 Å². The molecule has 0 saturated heterocycles. The summed E-state index contributed by atoms with van der Waals surface area (Å²) < 4.78 is 0. The van der Waals surface area contributed by atoms with Gasteiger partial charge in [-0.1, -0.05) is 6.07 Å². The molecule has 4 N–H and O–H groups in total. The van der Waals surface area contributed by atoms with E-state index in [1.54, 1.807) is 12.4 Å². The minimum Gasteiger partial charge on any atom is -0.397 e. The van der Waals surface area contributed by atoms with E-state index in [0.29, 0.717) is 0 Å². The van der Waals surface area contributed by atoms with Crippen molar-refractivity contribution in [2.24, 2.45) is 0 Å². The Morgan fingerprint density at radius 1 is 1.26 bits per heavy atom. The molecule has 0 saturated carbocycles. The van der Waals surface area contributed by atoms with E-state index in [0.717, 1.165) is 27.7 Å². The molecule has 3 rings (SSSR count). The highest BCUT2D eigenvalue weighted by Crippen LogP contribution is 2.30.